The molecule has 1 aliphatic carbocycles. The average molecular weight is 577 g/mol. The molecule has 212 valence electrons. The Morgan fingerprint density at radius 3 is 2.18 bits per heavy atom. The second-order valence-electron chi connectivity index (χ2n) is 11.7. The maximum absolute atomic E-state index is 5.31. The van der Waals surface area contributed by atoms with Crippen molar-refractivity contribution in [2.45, 2.75) is 6.04 Å². The fraction of sp³-hybridized carbons (Fsp3) is 0.0488. The van der Waals surface area contributed by atoms with Crippen molar-refractivity contribution >= 4 is 28.2 Å². The minimum atomic E-state index is -0.0634. The number of allylic oxidation sites excluding steroid dienone is 1. The molecule has 9 rings (SSSR count). The van der Waals surface area contributed by atoms with E-state index in [1.807, 2.05) is 28.8 Å². The van der Waals surface area contributed by atoms with Gasteiger partial charge in [0.05, 0.1) is 22.8 Å². The van der Waals surface area contributed by atoms with Crippen molar-refractivity contribution in [1.82, 2.24) is 14.4 Å². The zero-order valence-electron chi connectivity index (χ0n) is 24.5. The summed E-state index contributed by atoms with van der Waals surface area (Å²) in [5.41, 5.74) is 11.7. The summed E-state index contributed by atoms with van der Waals surface area (Å²) in [6.45, 7) is 0. The number of hydrogen-bond acceptors (Lipinski definition) is 3. The molecule has 0 saturated heterocycles. The van der Waals surface area contributed by atoms with Gasteiger partial charge in [-0.2, -0.15) is 0 Å². The Balaban J connectivity index is 1.03. The summed E-state index contributed by atoms with van der Waals surface area (Å²) in [5, 5.41) is 2.50. The zero-order chi connectivity index (χ0) is 29.7. The van der Waals surface area contributed by atoms with E-state index in [1.54, 1.807) is 0 Å². The van der Waals surface area contributed by atoms with E-state index in [-0.39, 0.29) is 12.0 Å². The first-order valence-corrected chi connectivity index (χ1v) is 15.3. The number of dihydropyridines is 1. The van der Waals surface area contributed by atoms with Gasteiger partial charge in [0.15, 0.2) is 0 Å². The van der Waals surface area contributed by atoms with E-state index in [4.69, 9.17) is 15.0 Å². The monoisotopic (exact) mass is 576 g/mol. The molecule has 45 heavy (non-hydrogen) atoms. The van der Waals surface area contributed by atoms with Crippen LogP contribution in [0.5, 0.6) is 0 Å². The first-order valence-electron chi connectivity index (χ1n) is 15.3. The van der Waals surface area contributed by atoms with Gasteiger partial charge in [-0.3, -0.25) is 4.99 Å². The van der Waals surface area contributed by atoms with Gasteiger partial charge in [0.25, 0.3) is 0 Å². The molecular formula is C41H28N4. The molecule has 0 fully saturated rings. The molecule has 0 amide bonds. The predicted molar refractivity (Wildman–Crippen MR) is 184 cm³/mol. The van der Waals surface area contributed by atoms with Crippen LogP contribution in [0, 0.1) is 5.92 Å². The highest BCUT2D eigenvalue weighted by Crippen LogP contribution is 2.39. The molecule has 4 aromatic carbocycles. The predicted octanol–water partition coefficient (Wildman–Crippen LogP) is 9.63. The third-order valence-corrected chi connectivity index (χ3v) is 8.94. The van der Waals surface area contributed by atoms with E-state index in [1.165, 1.54) is 21.9 Å². The van der Waals surface area contributed by atoms with Crippen LogP contribution >= 0.6 is 0 Å². The maximum Gasteiger partial charge on any atom is 0.137 e. The molecule has 0 saturated carbocycles. The van der Waals surface area contributed by atoms with Crippen LogP contribution in [0.2, 0.25) is 0 Å². The van der Waals surface area contributed by atoms with Crippen LogP contribution in [0.15, 0.2) is 157 Å². The summed E-state index contributed by atoms with van der Waals surface area (Å²) in [6, 6.07) is 42.7. The van der Waals surface area contributed by atoms with E-state index < -0.39 is 0 Å². The number of benzene rings is 4. The molecular weight excluding hydrogens is 548 g/mol. The number of aromatic nitrogens is 3. The molecule has 0 radical (unpaired) electrons. The number of hydrogen-bond donors (Lipinski definition) is 0. The molecule has 1 aliphatic heterocycles. The number of nitrogens with zero attached hydrogens (tertiary/aromatic N) is 4. The van der Waals surface area contributed by atoms with Gasteiger partial charge >= 0.3 is 0 Å². The van der Waals surface area contributed by atoms with Gasteiger partial charge in [0.1, 0.15) is 11.7 Å². The minimum Gasteiger partial charge on any atom is -0.306 e. The van der Waals surface area contributed by atoms with Crippen LogP contribution in [0.25, 0.3) is 56.1 Å². The van der Waals surface area contributed by atoms with Crippen molar-refractivity contribution in [3.63, 3.8) is 0 Å². The number of aliphatic imine (C=N–C) groups is 1. The van der Waals surface area contributed by atoms with Gasteiger partial charge in [-0.1, -0.05) is 109 Å². The third-order valence-electron chi connectivity index (χ3n) is 8.94. The van der Waals surface area contributed by atoms with E-state index in [0.29, 0.717) is 0 Å². The normalized spacial score (nSPS) is 16.8. The number of rotatable bonds is 4. The average Bonchev–Trinajstić information content (AvgIpc) is 3.56. The molecule has 0 bridgehead atoms. The molecule has 2 aliphatic rings. The zero-order valence-corrected chi connectivity index (χ0v) is 24.5. The van der Waals surface area contributed by atoms with Gasteiger partial charge in [0.2, 0.25) is 0 Å². The summed E-state index contributed by atoms with van der Waals surface area (Å²) in [6.07, 6.45) is 13.0. The lowest BCUT2D eigenvalue weighted by molar-refractivity contribution is 0.592. The van der Waals surface area contributed by atoms with E-state index >= 15 is 0 Å². The summed E-state index contributed by atoms with van der Waals surface area (Å²) in [7, 11) is 0. The highest BCUT2D eigenvalue weighted by atomic mass is 15.0. The van der Waals surface area contributed by atoms with Gasteiger partial charge < -0.3 is 4.40 Å². The molecule has 3 aromatic heterocycles. The molecule has 4 nitrogen and oxygen atoms in total. The topological polar surface area (TPSA) is 42.5 Å². The van der Waals surface area contributed by atoms with Gasteiger partial charge in [-0.25, -0.2) is 9.97 Å². The van der Waals surface area contributed by atoms with Crippen LogP contribution in [-0.4, -0.2) is 20.1 Å². The fourth-order valence-electron chi connectivity index (χ4n) is 6.52. The summed E-state index contributed by atoms with van der Waals surface area (Å²) < 4.78 is 2.05. The Kier molecular flexibility index (Phi) is 5.91. The smallest absolute Gasteiger partial charge is 0.137 e. The molecule has 2 unspecified atom stereocenters. The van der Waals surface area contributed by atoms with Gasteiger partial charge in [-0.05, 0) is 63.9 Å². The van der Waals surface area contributed by atoms with Crippen LogP contribution in [0.1, 0.15) is 22.9 Å². The Morgan fingerprint density at radius 1 is 0.533 bits per heavy atom. The largest absolute Gasteiger partial charge is 0.306 e. The second kappa shape index (κ2) is 10.4. The molecule has 7 aromatic rings. The highest BCUT2D eigenvalue weighted by Gasteiger charge is 2.29. The Labute approximate surface area is 261 Å². The van der Waals surface area contributed by atoms with Crippen LogP contribution in [-0.2, 0) is 0 Å². The lowest BCUT2D eigenvalue weighted by Crippen LogP contribution is -2.19. The number of imidazole rings is 1. The molecule has 4 heteroatoms. The Bertz CT molecular complexity index is 2310. The van der Waals surface area contributed by atoms with E-state index in [2.05, 4.69) is 134 Å². The van der Waals surface area contributed by atoms with Crippen LogP contribution in [0.3, 0.4) is 0 Å². The van der Waals surface area contributed by atoms with E-state index in [0.717, 1.165) is 50.7 Å². The van der Waals surface area contributed by atoms with Crippen LogP contribution < -0.4 is 0 Å². The summed E-state index contributed by atoms with van der Waals surface area (Å²) >= 11 is 0. The molecule has 2 atom stereocenters. The highest BCUT2D eigenvalue weighted by molar-refractivity contribution is 6.10. The van der Waals surface area contributed by atoms with Crippen molar-refractivity contribution in [1.29, 1.82) is 0 Å². The third kappa shape index (κ3) is 4.59. The van der Waals surface area contributed by atoms with Gasteiger partial charge in [-0.15, -0.1) is 0 Å². The van der Waals surface area contributed by atoms with Crippen molar-refractivity contribution in [3.05, 3.63) is 169 Å². The lowest BCUT2D eigenvalue weighted by atomic mass is 9.85. The van der Waals surface area contributed by atoms with E-state index in [9.17, 15) is 0 Å². The van der Waals surface area contributed by atoms with Crippen molar-refractivity contribution in [2.75, 3.05) is 0 Å². The standard InChI is InChI=1S/C41H28N4/c1-2-7-32-24-34(18-11-27(32)6-1)33-8-5-9-35(25-33)37-22-20-31-17-16-30-19-21-36(43-40(30)41(31)44-37)28-12-14-29(15-13-28)38-26-45-23-4-3-10-39(45)42-38/h1-26,31,41H. The molecule has 4 heterocycles. The SMILES string of the molecule is C1=CC2C=Cc3ccc(-c4ccc(-c5cn6ccccc6n5)cc4)nc3C2N=C1c1cccc(-c2ccc3ccccc3c2)c1. The van der Waals surface area contributed by atoms with Crippen LogP contribution in [0.4, 0.5) is 0 Å². The maximum atomic E-state index is 5.31. The number of fused-ring (bicyclic) bond motifs is 5. The van der Waals surface area contributed by atoms with Crippen molar-refractivity contribution in [3.8, 4) is 33.6 Å². The van der Waals surface area contributed by atoms with Crippen molar-refractivity contribution in [2.24, 2.45) is 10.9 Å². The van der Waals surface area contributed by atoms with Gasteiger partial charge in [0, 0.05) is 35.0 Å². The first-order chi connectivity index (χ1) is 22.2. The Morgan fingerprint density at radius 2 is 1.29 bits per heavy atom. The summed E-state index contributed by atoms with van der Waals surface area (Å²) in [5.74, 6) is 0.185. The Hall–Kier alpha value is -5.87. The quantitative estimate of drug-likeness (QED) is 0.209. The summed E-state index contributed by atoms with van der Waals surface area (Å²) in [4.78, 5) is 15.3. The molecule has 0 N–H and O–H groups in total. The number of pyridine rings is 2. The first kappa shape index (κ1) is 25.6. The lowest BCUT2D eigenvalue weighted by Gasteiger charge is -2.28. The second-order valence-corrected chi connectivity index (χ2v) is 11.7. The molecule has 0 spiro atoms. The fourth-order valence-corrected chi connectivity index (χ4v) is 6.52. The van der Waals surface area contributed by atoms with Crippen molar-refractivity contribution < 1.29 is 0 Å². The minimum absolute atomic E-state index is 0.0634.